The molecule has 2 atom stereocenters. The third kappa shape index (κ3) is 39.8. The smallest absolute Gasteiger partial charge is 0.457 e. The number of carbonyl (C=O) groups is 1. The van der Waals surface area contributed by atoms with Gasteiger partial charge in [-0.1, -0.05) is 134 Å². The second kappa shape index (κ2) is 35.7. The lowest BCUT2D eigenvalue weighted by Gasteiger charge is -2.24. The molecule has 0 radical (unpaired) electrons. The van der Waals surface area contributed by atoms with Crippen LogP contribution in [0, 0.1) is 0 Å². The van der Waals surface area contributed by atoms with Crippen molar-refractivity contribution < 1.29 is 37.3 Å². The molecular weight excluding hydrogens is 661 g/mol. The Morgan fingerprint density at radius 1 is 0.608 bits per heavy atom. The number of likely N-dealkylation sites (N-methyl/N-ethyl adjacent to an activating group) is 1. The number of phosphoric ester groups is 1. The molecule has 0 fully saturated rings. The van der Waals surface area contributed by atoms with Gasteiger partial charge in [-0.25, -0.2) is 4.57 Å². The zero-order valence-electron chi connectivity index (χ0n) is 33.8. The number of ether oxygens (including phenoxy) is 2. The Morgan fingerprint density at radius 2 is 1.12 bits per heavy atom. The SMILES string of the molecule is CCC/C=C\C/C=C\CCCCCCCCOCC(COP(=O)(O)OCC[N+](C)(C)C)OC(=O)CCCCCCC/C=C\CCCCCCCC. The van der Waals surface area contributed by atoms with E-state index in [9.17, 15) is 14.3 Å². The van der Waals surface area contributed by atoms with Crippen LogP contribution >= 0.6 is 7.82 Å². The van der Waals surface area contributed by atoms with E-state index in [0.29, 0.717) is 24.1 Å². The summed E-state index contributed by atoms with van der Waals surface area (Å²) in [5, 5.41) is 0. The summed E-state index contributed by atoms with van der Waals surface area (Å²) in [5.41, 5.74) is 0. The molecular formula is C42H81NO7P+. The molecule has 0 heterocycles. The van der Waals surface area contributed by atoms with Crippen LogP contribution in [0.3, 0.4) is 0 Å². The average Bonchev–Trinajstić information content (AvgIpc) is 3.08. The Morgan fingerprint density at radius 3 is 1.69 bits per heavy atom. The lowest BCUT2D eigenvalue weighted by Crippen LogP contribution is -2.37. The first-order valence-electron chi connectivity index (χ1n) is 20.7. The Labute approximate surface area is 315 Å². The highest BCUT2D eigenvalue weighted by Gasteiger charge is 2.26. The molecule has 0 amide bonds. The quantitative estimate of drug-likeness (QED) is 0.0221. The zero-order valence-corrected chi connectivity index (χ0v) is 34.7. The number of hydrogen-bond donors (Lipinski definition) is 1. The second-order valence-electron chi connectivity index (χ2n) is 15.0. The number of nitrogens with zero attached hydrogens (tertiary/aromatic N) is 1. The van der Waals surface area contributed by atoms with E-state index in [1.807, 2.05) is 21.1 Å². The second-order valence-corrected chi connectivity index (χ2v) is 16.5. The average molecular weight is 743 g/mol. The molecule has 0 aliphatic heterocycles. The van der Waals surface area contributed by atoms with Crippen LogP contribution in [0.4, 0.5) is 0 Å². The molecule has 0 saturated carbocycles. The Hall–Kier alpha value is -1.28. The summed E-state index contributed by atoms with van der Waals surface area (Å²) >= 11 is 0. The summed E-state index contributed by atoms with van der Waals surface area (Å²) in [4.78, 5) is 22.8. The Bertz CT molecular complexity index is 915. The molecule has 0 aliphatic rings. The topological polar surface area (TPSA) is 91.3 Å². The van der Waals surface area contributed by atoms with Crippen molar-refractivity contribution in [1.29, 1.82) is 0 Å². The summed E-state index contributed by atoms with van der Waals surface area (Å²) in [7, 11) is 1.65. The minimum absolute atomic E-state index is 0.0845. The van der Waals surface area contributed by atoms with E-state index in [0.717, 1.165) is 57.8 Å². The maximum atomic E-state index is 12.7. The van der Waals surface area contributed by atoms with Gasteiger partial charge < -0.3 is 18.9 Å². The van der Waals surface area contributed by atoms with Gasteiger partial charge in [0.25, 0.3) is 0 Å². The molecule has 1 N–H and O–H groups in total. The van der Waals surface area contributed by atoms with Gasteiger partial charge in [0.15, 0.2) is 0 Å². The predicted molar refractivity (Wildman–Crippen MR) is 215 cm³/mol. The van der Waals surface area contributed by atoms with E-state index in [1.165, 1.54) is 89.9 Å². The molecule has 300 valence electrons. The van der Waals surface area contributed by atoms with Crippen molar-refractivity contribution >= 4 is 13.8 Å². The number of quaternary nitrogens is 1. The first kappa shape index (κ1) is 49.7. The molecule has 0 bridgehead atoms. The lowest BCUT2D eigenvalue weighted by molar-refractivity contribution is -0.870. The molecule has 0 aliphatic carbocycles. The van der Waals surface area contributed by atoms with Crippen molar-refractivity contribution in [3.05, 3.63) is 36.5 Å². The minimum atomic E-state index is -4.27. The first-order chi connectivity index (χ1) is 24.6. The van der Waals surface area contributed by atoms with Gasteiger partial charge in [-0.3, -0.25) is 13.8 Å². The maximum absolute atomic E-state index is 12.7. The van der Waals surface area contributed by atoms with Gasteiger partial charge in [0, 0.05) is 13.0 Å². The van der Waals surface area contributed by atoms with E-state index >= 15 is 0 Å². The number of esters is 1. The molecule has 0 aromatic heterocycles. The number of allylic oxidation sites excluding steroid dienone is 6. The van der Waals surface area contributed by atoms with Crippen molar-refractivity contribution in [3.8, 4) is 0 Å². The number of carbonyl (C=O) groups excluding carboxylic acids is 1. The highest BCUT2D eigenvalue weighted by atomic mass is 31.2. The molecule has 2 unspecified atom stereocenters. The number of phosphoric acid groups is 1. The summed E-state index contributed by atoms with van der Waals surface area (Å²) in [6, 6.07) is 0. The number of rotatable bonds is 38. The summed E-state index contributed by atoms with van der Waals surface area (Å²) < 4.78 is 34.9. The van der Waals surface area contributed by atoms with E-state index < -0.39 is 13.9 Å². The van der Waals surface area contributed by atoms with Crippen LogP contribution in [-0.4, -0.2) is 75.6 Å². The molecule has 0 saturated heterocycles. The van der Waals surface area contributed by atoms with Crippen LogP contribution in [0.1, 0.15) is 168 Å². The molecule has 9 heteroatoms. The molecule has 51 heavy (non-hydrogen) atoms. The fourth-order valence-electron chi connectivity index (χ4n) is 5.41. The van der Waals surface area contributed by atoms with Gasteiger partial charge in [-0.2, -0.15) is 0 Å². The van der Waals surface area contributed by atoms with Crippen LogP contribution in [0.25, 0.3) is 0 Å². The van der Waals surface area contributed by atoms with Crippen molar-refractivity contribution in [2.75, 3.05) is 54.1 Å². The molecule has 0 spiro atoms. The standard InChI is InChI=1S/C42H80NO7P/c1-6-8-10-12-14-16-18-20-22-23-25-27-29-31-33-35-42(44)50-41(40-49-51(45,46)48-38-36-43(3,4)5)39-47-37-34-32-30-28-26-24-21-19-17-15-13-11-9-7-2/h11,13,17,19-20,22,41H,6-10,12,14-16,18,21,23-40H2,1-5H3/p+1/b13-11-,19-17-,22-20-. The van der Waals surface area contributed by atoms with E-state index in [2.05, 4.69) is 50.3 Å². The van der Waals surface area contributed by atoms with Crippen molar-refractivity contribution in [2.24, 2.45) is 0 Å². The van der Waals surface area contributed by atoms with Crippen LogP contribution in [0.15, 0.2) is 36.5 Å². The van der Waals surface area contributed by atoms with E-state index in [1.54, 1.807) is 0 Å². The maximum Gasteiger partial charge on any atom is 0.472 e. The summed E-state index contributed by atoms with van der Waals surface area (Å²) in [5.74, 6) is -0.327. The zero-order chi connectivity index (χ0) is 37.7. The van der Waals surface area contributed by atoms with Gasteiger partial charge in [-0.15, -0.1) is 0 Å². The third-order valence-electron chi connectivity index (χ3n) is 8.65. The largest absolute Gasteiger partial charge is 0.472 e. The van der Waals surface area contributed by atoms with Crippen molar-refractivity contribution in [2.45, 2.75) is 174 Å². The van der Waals surface area contributed by atoms with Crippen molar-refractivity contribution in [1.82, 2.24) is 0 Å². The highest BCUT2D eigenvalue weighted by Crippen LogP contribution is 2.43. The van der Waals surface area contributed by atoms with E-state index in [-0.39, 0.29) is 25.8 Å². The third-order valence-corrected chi connectivity index (χ3v) is 9.64. The fourth-order valence-corrected chi connectivity index (χ4v) is 6.15. The highest BCUT2D eigenvalue weighted by molar-refractivity contribution is 7.47. The molecule has 0 aromatic carbocycles. The summed E-state index contributed by atoms with van der Waals surface area (Å²) in [6.45, 7) is 5.52. The molecule has 0 aromatic rings. The van der Waals surface area contributed by atoms with Crippen molar-refractivity contribution in [3.63, 3.8) is 0 Å². The van der Waals surface area contributed by atoms with Crippen LogP contribution < -0.4 is 0 Å². The number of unbranched alkanes of at least 4 members (excludes halogenated alkanes) is 18. The summed E-state index contributed by atoms with van der Waals surface area (Å²) in [6.07, 6.45) is 40.2. The number of hydrogen-bond acceptors (Lipinski definition) is 6. The lowest BCUT2D eigenvalue weighted by atomic mass is 10.1. The minimum Gasteiger partial charge on any atom is -0.457 e. The normalized spacial score (nSPS) is 14.2. The van der Waals surface area contributed by atoms with Crippen LogP contribution in [-0.2, 0) is 27.9 Å². The molecule has 8 nitrogen and oxygen atoms in total. The van der Waals surface area contributed by atoms with Crippen LogP contribution in [0.2, 0.25) is 0 Å². The van der Waals surface area contributed by atoms with Gasteiger partial charge in [0.2, 0.25) is 0 Å². The van der Waals surface area contributed by atoms with Gasteiger partial charge >= 0.3 is 13.8 Å². The van der Waals surface area contributed by atoms with Gasteiger partial charge in [-0.05, 0) is 64.2 Å². The van der Waals surface area contributed by atoms with Gasteiger partial charge in [0.05, 0.1) is 34.4 Å². The van der Waals surface area contributed by atoms with Crippen LogP contribution in [0.5, 0.6) is 0 Å². The monoisotopic (exact) mass is 743 g/mol. The molecule has 0 rings (SSSR count). The Balaban J connectivity index is 4.30. The predicted octanol–water partition coefficient (Wildman–Crippen LogP) is 11.8. The van der Waals surface area contributed by atoms with Gasteiger partial charge in [0.1, 0.15) is 19.3 Å². The first-order valence-corrected chi connectivity index (χ1v) is 22.2. The fraction of sp³-hybridized carbons (Fsp3) is 0.833. The van der Waals surface area contributed by atoms with E-state index in [4.69, 9.17) is 18.5 Å². The Kier molecular flexibility index (Phi) is 34.8.